The van der Waals surface area contributed by atoms with E-state index < -0.39 is 44.4 Å². The number of aromatic nitrogens is 3. The van der Waals surface area contributed by atoms with Gasteiger partial charge in [0.1, 0.15) is 12.4 Å². The molecule has 2 heterocycles. The third-order valence-corrected chi connectivity index (χ3v) is 5.15. The molecule has 6 nitrogen and oxygen atoms in total. The molecular formula is C15H10F6N4O2S. The molecule has 0 saturated heterocycles. The average Bonchev–Trinajstić information content (AvgIpc) is 3.06. The first-order chi connectivity index (χ1) is 12.9. The van der Waals surface area contributed by atoms with Crippen molar-refractivity contribution in [2.45, 2.75) is 23.3 Å². The van der Waals surface area contributed by atoms with Crippen molar-refractivity contribution in [2.75, 3.05) is 0 Å². The molecule has 0 amide bonds. The standard InChI is InChI=1S/C15H10F6N4O2S/c16-14(17,18)10-3-1-9(2-4-10)13(15(19,20)21)24-28(26,27)11-5-6-25-12(7-11)22-8-23-25/h1-8,13,24H. The van der Waals surface area contributed by atoms with Crippen molar-refractivity contribution in [2.24, 2.45) is 0 Å². The highest BCUT2D eigenvalue weighted by Gasteiger charge is 2.44. The van der Waals surface area contributed by atoms with Gasteiger partial charge in [-0.2, -0.15) is 36.2 Å². The molecule has 1 N–H and O–H groups in total. The smallest absolute Gasteiger partial charge is 0.221 e. The van der Waals surface area contributed by atoms with Gasteiger partial charge in [0, 0.05) is 12.3 Å². The molecule has 0 fully saturated rings. The summed E-state index contributed by atoms with van der Waals surface area (Å²) in [4.78, 5) is 3.24. The van der Waals surface area contributed by atoms with Crippen LogP contribution in [0.5, 0.6) is 0 Å². The first-order valence-electron chi connectivity index (χ1n) is 7.43. The highest BCUT2D eigenvalue weighted by atomic mass is 32.2. The zero-order valence-corrected chi connectivity index (χ0v) is 14.3. The van der Waals surface area contributed by atoms with E-state index in [9.17, 15) is 34.8 Å². The average molecular weight is 424 g/mol. The van der Waals surface area contributed by atoms with Crippen LogP contribution in [0.2, 0.25) is 0 Å². The molecule has 0 radical (unpaired) electrons. The maximum Gasteiger partial charge on any atom is 0.416 e. The summed E-state index contributed by atoms with van der Waals surface area (Å²) in [7, 11) is -4.67. The molecule has 0 aliphatic carbocycles. The van der Waals surface area contributed by atoms with E-state index in [1.807, 2.05) is 0 Å². The molecule has 3 aromatic rings. The predicted octanol–water partition coefficient (Wildman–Crippen LogP) is 3.33. The third-order valence-electron chi connectivity index (χ3n) is 3.73. The number of nitrogens with one attached hydrogen (secondary N) is 1. The largest absolute Gasteiger partial charge is 0.416 e. The van der Waals surface area contributed by atoms with Crippen LogP contribution in [0.15, 0.2) is 53.8 Å². The van der Waals surface area contributed by atoms with E-state index in [-0.39, 0.29) is 5.65 Å². The van der Waals surface area contributed by atoms with E-state index in [4.69, 9.17) is 0 Å². The lowest BCUT2D eigenvalue weighted by molar-refractivity contribution is -0.153. The van der Waals surface area contributed by atoms with Crippen LogP contribution in [0.3, 0.4) is 0 Å². The van der Waals surface area contributed by atoms with Gasteiger partial charge in [-0.05, 0) is 23.8 Å². The Hall–Kier alpha value is -2.67. The lowest BCUT2D eigenvalue weighted by Gasteiger charge is -2.22. The van der Waals surface area contributed by atoms with Gasteiger partial charge in [0.15, 0.2) is 5.65 Å². The highest BCUT2D eigenvalue weighted by molar-refractivity contribution is 7.89. The number of fused-ring (bicyclic) bond motifs is 1. The molecule has 2 aromatic heterocycles. The van der Waals surface area contributed by atoms with Crippen molar-refractivity contribution in [1.82, 2.24) is 19.3 Å². The summed E-state index contributed by atoms with van der Waals surface area (Å²) < 4.78 is 106. The Morgan fingerprint density at radius 3 is 2.21 bits per heavy atom. The Bertz CT molecular complexity index is 1090. The maximum atomic E-state index is 13.4. The fraction of sp³-hybridized carbons (Fsp3) is 0.200. The number of pyridine rings is 1. The molecule has 0 aliphatic heterocycles. The van der Waals surface area contributed by atoms with Gasteiger partial charge >= 0.3 is 12.4 Å². The second-order valence-corrected chi connectivity index (χ2v) is 7.35. The molecule has 150 valence electrons. The predicted molar refractivity (Wildman–Crippen MR) is 83.5 cm³/mol. The molecule has 1 atom stereocenters. The van der Waals surface area contributed by atoms with Gasteiger partial charge in [-0.3, -0.25) is 0 Å². The molecule has 0 spiro atoms. The van der Waals surface area contributed by atoms with Crippen LogP contribution < -0.4 is 4.72 Å². The molecule has 0 saturated carbocycles. The number of halogens is 6. The summed E-state index contributed by atoms with van der Waals surface area (Å²) in [6.45, 7) is 0. The van der Waals surface area contributed by atoms with Crippen molar-refractivity contribution in [3.8, 4) is 0 Å². The van der Waals surface area contributed by atoms with Crippen molar-refractivity contribution in [1.29, 1.82) is 0 Å². The summed E-state index contributed by atoms with van der Waals surface area (Å²) in [6.07, 6.45) is -7.51. The minimum Gasteiger partial charge on any atom is -0.221 e. The number of alkyl halides is 6. The number of hydrogen-bond acceptors (Lipinski definition) is 4. The molecule has 28 heavy (non-hydrogen) atoms. The maximum absolute atomic E-state index is 13.4. The number of benzene rings is 1. The Balaban J connectivity index is 1.96. The fourth-order valence-corrected chi connectivity index (χ4v) is 3.59. The molecule has 1 aromatic carbocycles. The minimum absolute atomic E-state index is 0.0842. The Labute approximate surface area is 153 Å². The van der Waals surface area contributed by atoms with E-state index in [1.54, 1.807) is 0 Å². The number of rotatable bonds is 4. The lowest BCUT2D eigenvalue weighted by atomic mass is 10.1. The second-order valence-electron chi connectivity index (χ2n) is 5.64. The first-order valence-corrected chi connectivity index (χ1v) is 8.92. The van der Waals surface area contributed by atoms with Crippen LogP contribution in [0.1, 0.15) is 17.2 Å². The molecule has 13 heteroatoms. The van der Waals surface area contributed by atoms with E-state index in [1.165, 1.54) is 15.4 Å². The van der Waals surface area contributed by atoms with E-state index in [0.717, 1.165) is 18.5 Å². The zero-order chi connectivity index (χ0) is 20.7. The molecule has 3 rings (SSSR count). The van der Waals surface area contributed by atoms with Gasteiger partial charge in [0.25, 0.3) is 0 Å². The van der Waals surface area contributed by atoms with Crippen LogP contribution in [0, 0.1) is 0 Å². The minimum atomic E-state index is -5.09. The second kappa shape index (κ2) is 6.74. The van der Waals surface area contributed by atoms with Gasteiger partial charge in [-0.1, -0.05) is 12.1 Å². The van der Waals surface area contributed by atoms with Crippen LogP contribution in [-0.4, -0.2) is 29.2 Å². The summed E-state index contributed by atoms with van der Waals surface area (Å²) in [5.74, 6) is 0. The summed E-state index contributed by atoms with van der Waals surface area (Å²) >= 11 is 0. The number of nitrogens with zero attached hydrogens (tertiary/aromatic N) is 3. The summed E-state index contributed by atoms with van der Waals surface area (Å²) in [5, 5.41) is 3.74. The Morgan fingerprint density at radius 1 is 1.00 bits per heavy atom. The van der Waals surface area contributed by atoms with Crippen molar-refractivity contribution in [3.05, 3.63) is 60.0 Å². The quantitative estimate of drug-likeness (QED) is 0.652. The van der Waals surface area contributed by atoms with Gasteiger partial charge in [-0.15, -0.1) is 0 Å². The molecule has 0 bridgehead atoms. The monoisotopic (exact) mass is 424 g/mol. The zero-order valence-electron chi connectivity index (χ0n) is 13.5. The van der Waals surface area contributed by atoms with Crippen LogP contribution in [0.4, 0.5) is 26.3 Å². The third kappa shape index (κ3) is 4.09. The van der Waals surface area contributed by atoms with Crippen LogP contribution in [0.25, 0.3) is 5.65 Å². The number of hydrogen-bond donors (Lipinski definition) is 1. The van der Waals surface area contributed by atoms with E-state index in [2.05, 4.69) is 10.1 Å². The Kier molecular flexibility index (Phi) is 4.83. The topological polar surface area (TPSA) is 76.4 Å². The highest BCUT2D eigenvalue weighted by Crippen LogP contribution is 2.36. The van der Waals surface area contributed by atoms with Crippen molar-refractivity contribution in [3.63, 3.8) is 0 Å². The molecule has 0 aliphatic rings. The fourth-order valence-electron chi connectivity index (χ4n) is 2.38. The summed E-state index contributed by atoms with van der Waals surface area (Å²) in [5.41, 5.74) is -1.76. The van der Waals surface area contributed by atoms with E-state index >= 15 is 0 Å². The first kappa shape index (κ1) is 20.1. The Morgan fingerprint density at radius 2 is 1.64 bits per heavy atom. The normalized spacial score (nSPS) is 14.4. The van der Waals surface area contributed by atoms with Gasteiger partial charge in [0.05, 0.1) is 10.5 Å². The van der Waals surface area contributed by atoms with Crippen LogP contribution in [-0.2, 0) is 16.2 Å². The van der Waals surface area contributed by atoms with Gasteiger partial charge in [-0.25, -0.2) is 17.9 Å². The van der Waals surface area contributed by atoms with Crippen molar-refractivity contribution >= 4 is 15.7 Å². The lowest BCUT2D eigenvalue weighted by Crippen LogP contribution is -2.38. The van der Waals surface area contributed by atoms with Crippen LogP contribution >= 0.6 is 0 Å². The van der Waals surface area contributed by atoms with E-state index in [0.29, 0.717) is 24.3 Å². The molecule has 1 unspecified atom stereocenters. The molecular weight excluding hydrogens is 414 g/mol. The number of sulfonamides is 1. The van der Waals surface area contributed by atoms with Crippen molar-refractivity contribution < 1.29 is 34.8 Å². The summed E-state index contributed by atoms with van der Waals surface area (Å²) in [6, 6.07) is 1.33. The SMILES string of the molecule is O=S(=O)(NC(c1ccc(C(F)(F)F)cc1)C(F)(F)F)c1ccn2ncnc2c1. The van der Waals surface area contributed by atoms with Gasteiger partial charge < -0.3 is 0 Å². The van der Waals surface area contributed by atoms with Gasteiger partial charge in [0.2, 0.25) is 10.0 Å².